The van der Waals surface area contributed by atoms with Gasteiger partial charge in [-0.1, -0.05) is 0 Å². The summed E-state index contributed by atoms with van der Waals surface area (Å²) in [5.74, 6) is 1.56. The summed E-state index contributed by atoms with van der Waals surface area (Å²) < 4.78 is 2.11. The van der Waals surface area contributed by atoms with Crippen LogP contribution < -0.4 is 4.90 Å². The van der Waals surface area contributed by atoms with E-state index in [-0.39, 0.29) is 0 Å². The topological polar surface area (TPSA) is 23.8 Å². The molecule has 0 spiro atoms. The van der Waals surface area contributed by atoms with Crippen molar-refractivity contribution in [3.05, 3.63) is 17.3 Å². The molecule has 19 heavy (non-hydrogen) atoms. The highest BCUT2D eigenvalue weighted by Gasteiger charge is 2.25. The average molecular weight is 299 g/mol. The van der Waals surface area contributed by atoms with E-state index in [1.54, 1.807) is 11.3 Å². The Morgan fingerprint density at radius 3 is 2.89 bits per heavy atom. The van der Waals surface area contributed by atoms with Crippen molar-refractivity contribution in [3.63, 3.8) is 0 Å². The Morgan fingerprint density at radius 2 is 2.21 bits per heavy atom. The van der Waals surface area contributed by atoms with Gasteiger partial charge in [0.25, 0.3) is 0 Å². The fourth-order valence-corrected chi connectivity index (χ4v) is 3.76. The van der Waals surface area contributed by atoms with Crippen LogP contribution in [-0.4, -0.2) is 47.5 Å². The van der Waals surface area contributed by atoms with Gasteiger partial charge in [0.05, 0.1) is 11.6 Å². The lowest BCUT2D eigenvalue weighted by Gasteiger charge is -2.35. The molecule has 1 aliphatic heterocycles. The van der Waals surface area contributed by atoms with Gasteiger partial charge < -0.3 is 9.80 Å². The van der Waals surface area contributed by atoms with Gasteiger partial charge in [0, 0.05) is 24.7 Å². The van der Waals surface area contributed by atoms with Crippen molar-refractivity contribution < 1.29 is 0 Å². The zero-order valence-corrected chi connectivity index (χ0v) is 12.9. The predicted octanol–water partition coefficient (Wildman–Crippen LogP) is 2.67. The van der Waals surface area contributed by atoms with Crippen LogP contribution >= 0.6 is 22.9 Å². The molecule has 0 amide bonds. The summed E-state index contributed by atoms with van der Waals surface area (Å²) in [6.07, 6.45) is 4.44. The van der Waals surface area contributed by atoms with Crippen LogP contribution in [0.2, 0.25) is 0 Å². The molecule has 0 saturated carbocycles. The summed E-state index contributed by atoms with van der Waals surface area (Å²) >= 11 is 7.78. The maximum atomic E-state index is 6.12. The fraction of sp³-hybridized carbons (Fsp3) is 0.615. The summed E-state index contributed by atoms with van der Waals surface area (Å²) in [5.41, 5.74) is 1.11. The van der Waals surface area contributed by atoms with Gasteiger partial charge in [0.15, 0.2) is 10.8 Å². The van der Waals surface area contributed by atoms with Gasteiger partial charge in [-0.15, -0.1) is 22.9 Å². The highest BCUT2D eigenvalue weighted by molar-refractivity contribution is 7.15. The molecule has 0 radical (unpaired) electrons. The number of imidazole rings is 1. The molecule has 2 aromatic rings. The molecule has 3 rings (SSSR count). The zero-order chi connectivity index (χ0) is 13.4. The number of halogens is 1. The van der Waals surface area contributed by atoms with Crippen LogP contribution in [0.1, 0.15) is 18.5 Å². The number of thiazole rings is 1. The number of alkyl halides is 1. The minimum atomic E-state index is 0.504. The molecule has 1 aliphatic rings. The third-order valence-corrected chi connectivity index (χ3v) is 5.05. The summed E-state index contributed by atoms with van der Waals surface area (Å²) in [6.45, 7) is 2.32. The van der Waals surface area contributed by atoms with E-state index in [1.165, 1.54) is 12.8 Å². The molecule has 0 aromatic carbocycles. The minimum Gasteiger partial charge on any atom is -0.355 e. The van der Waals surface area contributed by atoms with Gasteiger partial charge in [0.1, 0.15) is 0 Å². The Labute approximate surface area is 122 Å². The van der Waals surface area contributed by atoms with E-state index in [0.29, 0.717) is 11.9 Å². The Bertz CT molecular complexity index is 556. The van der Waals surface area contributed by atoms with E-state index in [1.807, 2.05) is 0 Å². The summed E-state index contributed by atoms with van der Waals surface area (Å²) in [6, 6.07) is 0.572. The molecule has 1 saturated heterocycles. The maximum absolute atomic E-state index is 6.12. The quantitative estimate of drug-likeness (QED) is 0.814. The first-order valence-corrected chi connectivity index (χ1v) is 8.04. The second kappa shape index (κ2) is 5.31. The smallest absolute Gasteiger partial charge is 0.195 e. The van der Waals surface area contributed by atoms with Crippen LogP contribution in [0.5, 0.6) is 0 Å². The standard InChI is InChI=1S/C13H19ClN4S/c1-16-5-3-10(4-6-16)17(2)12-11(9-14)18-7-8-19-13(18)15-12/h7-8,10H,3-6,9H2,1-2H3. The second-order valence-electron chi connectivity index (χ2n) is 5.22. The lowest BCUT2D eigenvalue weighted by atomic mass is 10.0. The first-order chi connectivity index (χ1) is 9.20. The number of rotatable bonds is 3. The Balaban J connectivity index is 1.88. The number of piperidine rings is 1. The van der Waals surface area contributed by atoms with Crippen LogP contribution in [0.25, 0.3) is 4.96 Å². The van der Waals surface area contributed by atoms with E-state index < -0.39 is 0 Å². The second-order valence-corrected chi connectivity index (χ2v) is 6.36. The van der Waals surface area contributed by atoms with Crippen molar-refractivity contribution in [3.8, 4) is 0 Å². The van der Waals surface area contributed by atoms with Gasteiger partial charge in [0.2, 0.25) is 0 Å². The van der Waals surface area contributed by atoms with Gasteiger partial charge >= 0.3 is 0 Å². The van der Waals surface area contributed by atoms with Crippen LogP contribution in [0.4, 0.5) is 5.82 Å². The van der Waals surface area contributed by atoms with E-state index in [9.17, 15) is 0 Å². The molecule has 2 aromatic heterocycles. The van der Waals surface area contributed by atoms with Crippen molar-refractivity contribution in [2.75, 3.05) is 32.1 Å². The molecule has 0 atom stereocenters. The third-order valence-electron chi connectivity index (χ3n) is 4.04. The third kappa shape index (κ3) is 2.35. The molecule has 0 unspecified atom stereocenters. The largest absolute Gasteiger partial charge is 0.355 e. The van der Waals surface area contributed by atoms with Crippen LogP contribution in [-0.2, 0) is 5.88 Å². The van der Waals surface area contributed by atoms with Gasteiger partial charge in [-0.25, -0.2) is 4.98 Å². The predicted molar refractivity (Wildman–Crippen MR) is 81.5 cm³/mol. The number of anilines is 1. The lowest BCUT2D eigenvalue weighted by molar-refractivity contribution is 0.252. The van der Waals surface area contributed by atoms with Crippen molar-refractivity contribution in [1.29, 1.82) is 0 Å². The van der Waals surface area contributed by atoms with Crippen LogP contribution in [0.3, 0.4) is 0 Å². The van der Waals surface area contributed by atoms with E-state index >= 15 is 0 Å². The Kier molecular flexibility index (Phi) is 3.69. The van der Waals surface area contributed by atoms with Gasteiger partial charge in [-0.05, 0) is 33.0 Å². The van der Waals surface area contributed by atoms with Crippen molar-refractivity contribution in [1.82, 2.24) is 14.3 Å². The van der Waals surface area contributed by atoms with E-state index in [0.717, 1.165) is 29.6 Å². The summed E-state index contributed by atoms with van der Waals surface area (Å²) in [7, 11) is 4.34. The molecule has 3 heterocycles. The number of hydrogen-bond acceptors (Lipinski definition) is 4. The molecule has 1 fully saturated rings. The van der Waals surface area contributed by atoms with Crippen molar-refractivity contribution in [2.24, 2.45) is 0 Å². The highest BCUT2D eigenvalue weighted by Crippen LogP contribution is 2.28. The maximum Gasteiger partial charge on any atom is 0.195 e. The van der Waals surface area contributed by atoms with Crippen LogP contribution in [0.15, 0.2) is 11.6 Å². The van der Waals surface area contributed by atoms with Crippen molar-refractivity contribution >= 4 is 33.7 Å². The summed E-state index contributed by atoms with van der Waals surface area (Å²) in [5, 5.41) is 2.05. The zero-order valence-electron chi connectivity index (χ0n) is 11.3. The number of nitrogens with zero attached hydrogens (tertiary/aromatic N) is 4. The number of hydrogen-bond donors (Lipinski definition) is 0. The van der Waals surface area contributed by atoms with Gasteiger partial charge in [-0.2, -0.15) is 0 Å². The number of fused-ring (bicyclic) bond motifs is 1. The molecule has 0 aliphatic carbocycles. The fourth-order valence-electron chi connectivity index (χ4n) is 2.78. The van der Waals surface area contributed by atoms with Crippen molar-refractivity contribution in [2.45, 2.75) is 24.8 Å². The Hall–Kier alpha value is -0.780. The molecular formula is C13H19ClN4S. The first kappa shape index (κ1) is 13.2. The van der Waals surface area contributed by atoms with Crippen LogP contribution in [0, 0.1) is 0 Å². The molecule has 6 heteroatoms. The molecule has 104 valence electrons. The first-order valence-electron chi connectivity index (χ1n) is 6.62. The van der Waals surface area contributed by atoms with E-state index in [2.05, 4.69) is 39.9 Å². The SMILES string of the molecule is CN1CCC(N(C)c2nc3sccn3c2CCl)CC1. The number of aromatic nitrogens is 2. The normalized spacial score (nSPS) is 18.3. The molecule has 0 bridgehead atoms. The Morgan fingerprint density at radius 1 is 1.47 bits per heavy atom. The summed E-state index contributed by atoms with van der Waals surface area (Å²) in [4.78, 5) is 10.5. The molecule has 0 N–H and O–H groups in total. The lowest BCUT2D eigenvalue weighted by Crippen LogP contribution is -2.42. The average Bonchev–Trinajstić information content (AvgIpc) is 2.98. The van der Waals surface area contributed by atoms with Gasteiger partial charge in [-0.3, -0.25) is 4.40 Å². The molecule has 4 nitrogen and oxygen atoms in total. The number of likely N-dealkylation sites (tertiary alicyclic amines) is 1. The molecular weight excluding hydrogens is 280 g/mol. The highest BCUT2D eigenvalue weighted by atomic mass is 35.5. The van der Waals surface area contributed by atoms with E-state index in [4.69, 9.17) is 16.6 Å². The minimum absolute atomic E-state index is 0.504. The monoisotopic (exact) mass is 298 g/mol.